The minimum atomic E-state index is -0.417. The molecule has 10 heteroatoms. The van der Waals surface area contributed by atoms with Gasteiger partial charge in [-0.15, -0.1) is 23.5 Å². The lowest BCUT2D eigenvalue weighted by Gasteiger charge is -2.10. The molecule has 0 aliphatic carbocycles. The van der Waals surface area contributed by atoms with Crippen molar-refractivity contribution in [3.8, 4) is 11.4 Å². The van der Waals surface area contributed by atoms with Crippen molar-refractivity contribution in [3.63, 3.8) is 0 Å². The normalized spacial score (nSPS) is 13.9. The summed E-state index contributed by atoms with van der Waals surface area (Å²) in [5.74, 6) is 2.62. The maximum absolute atomic E-state index is 12.1. The minimum Gasteiger partial charge on any atom is -0.484 e. The van der Waals surface area contributed by atoms with Crippen LogP contribution in [0.5, 0.6) is 5.75 Å². The maximum atomic E-state index is 12.1. The number of ether oxygens (including phenoxy) is 1. The lowest BCUT2D eigenvalue weighted by molar-refractivity contribution is -0.384. The molecule has 0 atom stereocenters. The molecule has 0 radical (unpaired) electrons. The van der Waals surface area contributed by atoms with Gasteiger partial charge in [0.2, 0.25) is 0 Å². The summed E-state index contributed by atoms with van der Waals surface area (Å²) < 4.78 is 7.95. The van der Waals surface area contributed by atoms with Crippen LogP contribution in [0.1, 0.15) is 27.1 Å². The number of thioether (sulfide) groups is 2. The first kappa shape index (κ1) is 23.9. The topological polar surface area (TPSA) is 98.8 Å². The Labute approximate surface area is 205 Å². The Kier molecular flexibility index (Phi) is 7.59. The van der Waals surface area contributed by atoms with E-state index in [1.807, 2.05) is 78.3 Å². The standard InChI is InChI=1S/C24H24N4O4S2/c1-16-12-19(17(2)27(16)20-4-3-5-21(13-20)28(30)31)14-25-26-23(29)15-32-22-8-6-18(7-9-22)24-33-10-11-34-24/h3-9,12-14,24H,10-11,15H2,1-2H3,(H,26,29)/b25-14-. The van der Waals surface area contributed by atoms with E-state index in [9.17, 15) is 14.9 Å². The summed E-state index contributed by atoms with van der Waals surface area (Å²) in [6.45, 7) is 3.66. The zero-order valence-corrected chi connectivity index (χ0v) is 20.4. The number of hydrogen-bond acceptors (Lipinski definition) is 7. The van der Waals surface area contributed by atoms with Crippen LogP contribution in [-0.2, 0) is 4.79 Å². The minimum absolute atomic E-state index is 0.0263. The molecule has 2 aromatic carbocycles. The third kappa shape index (κ3) is 5.63. The quantitative estimate of drug-likeness (QED) is 0.267. The lowest BCUT2D eigenvalue weighted by Crippen LogP contribution is -2.24. The average Bonchev–Trinajstić information content (AvgIpc) is 3.46. The second-order valence-electron chi connectivity index (χ2n) is 7.66. The number of benzene rings is 2. The fourth-order valence-electron chi connectivity index (χ4n) is 3.69. The molecule has 176 valence electrons. The number of hydrazone groups is 1. The zero-order valence-electron chi connectivity index (χ0n) is 18.8. The molecule has 8 nitrogen and oxygen atoms in total. The van der Waals surface area contributed by atoms with Gasteiger partial charge < -0.3 is 9.30 Å². The fraction of sp³-hybridized carbons (Fsp3) is 0.250. The number of non-ortho nitro benzene ring substituents is 1. The summed E-state index contributed by atoms with van der Waals surface area (Å²) in [6, 6.07) is 16.2. The molecule has 0 unspecified atom stereocenters. The Hall–Kier alpha value is -3.24. The third-order valence-corrected chi connectivity index (χ3v) is 8.41. The number of nitro groups is 1. The molecule has 34 heavy (non-hydrogen) atoms. The Morgan fingerprint density at radius 3 is 2.65 bits per heavy atom. The predicted molar refractivity (Wildman–Crippen MR) is 137 cm³/mol. The van der Waals surface area contributed by atoms with Crippen LogP contribution >= 0.6 is 23.5 Å². The van der Waals surface area contributed by atoms with Crippen molar-refractivity contribution < 1.29 is 14.5 Å². The molecular formula is C24H24N4O4S2. The van der Waals surface area contributed by atoms with E-state index >= 15 is 0 Å². The van der Waals surface area contributed by atoms with Crippen LogP contribution in [-0.4, -0.2) is 39.7 Å². The van der Waals surface area contributed by atoms with Gasteiger partial charge in [-0.25, -0.2) is 5.43 Å². The zero-order chi connectivity index (χ0) is 24.1. The van der Waals surface area contributed by atoms with E-state index in [-0.39, 0.29) is 18.2 Å². The monoisotopic (exact) mass is 496 g/mol. The van der Waals surface area contributed by atoms with Crippen LogP contribution in [0.3, 0.4) is 0 Å². The molecule has 1 N–H and O–H groups in total. The summed E-state index contributed by atoms with van der Waals surface area (Å²) in [4.78, 5) is 22.8. The smallest absolute Gasteiger partial charge is 0.277 e. The summed E-state index contributed by atoms with van der Waals surface area (Å²) in [5, 5.41) is 15.1. The second kappa shape index (κ2) is 10.8. The number of amides is 1. The Morgan fingerprint density at radius 1 is 1.21 bits per heavy atom. The van der Waals surface area contributed by atoms with Crippen LogP contribution in [0.4, 0.5) is 5.69 Å². The number of carbonyl (C=O) groups is 1. The van der Waals surface area contributed by atoms with Gasteiger partial charge in [0.25, 0.3) is 11.6 Å². The van der Waals surface area contributed by atoms with E-state index in [1.54, 1.807) is 12.3 Å². The maximum Gasteiger partial charge on any atom is 0.277 e. The van der Waals surface area contributed by atoms with Crippen molar-refractivity contribution in [1.82, 2.24) is 9.99 Å². The van der Waals surface area contributed by atoms with E-state index in [2.05, 4.69) is 10.5 Å². The SMILES string of the molecule is Cc1cc(/C=N\NC(=O)COc2ccc(C3SCCS3)cc2)c(C)n1-c1cccc([N+](=O)[O-])c1. The first-order valence-corrected chi connectivity index (χ1v) is 12.7. The molecule has 1 amide bonds. The highest BCUT2D eigenvalue weighted by atomic mass is 32.2. The fourth-order valence-corrected chi connectivity index (χ4v) is 6.55. The van der Waals surface area contributed by atoms with Gasteiger partial charge in [-0.05, 0) is 43.7 Å². The molecule has 1 fully saturated rings. The Morgan fingerprint density at radius 2 is 1.94 bits per heavy atom. The molecule has 4 rings (SSSR count). The molecule has 1 aliphatic rings. The van der Waals surface area contributed by atoms with Gasteiger partial charge in [-0.2, -0.15) is 5.10 Å². The van der Waals surface area contributed by atoms with Crippen molar-refractivity contribution in [1.29, 1.82) is 0 Å². The molecule has 0 saturated carbocycles. The number of carbonyl (C=O) groups excluding carboxylic acids is 1. The van der Waals surface area contributed by atoms with Gasteiger partial charge >= 0.3 is 0 Å². The number of aryl methyl sites for hydroxylation is 1. The van der Waals surface area contributed by atoms with E-state index in [0.29, 0.717) is 16.0 Å². The van der Waals surface area contributed by atoms with Crippen molar-refractivity contribution in [3.05, 3.63) is 87.2 Å². The Bertz CT molecular complexity index is 1220. The van der Waals surface area contributed by atoms with Crippen molar-refractivity contribution in [2.45, 2.75) is 18.4 Å². The first-order chi connectivity index (χ1) is 16.4. The van der Waals surface area contributed by atoms with Gasteiger partial charge in [0, 0.05) is 40.6 Å². The molecule has 0 spiro atoms. The van der Waals surface area contributed by atoms with Crippen LogP contribution in [0.25, 0.3) is 5.69 Å². The van der Waals surface area contributed by atoms with Gasteiger partial charge in [0.15, 0.2) is 6.61 Å². The summed E-state index contributed by atoms with van der Waals surface area (Å²) in [5.41, 5.74) is 7.00. The van der Waals surface area contributed by atoms with Crippen LogP contribution in [0.15, 0.2) is 59.7 Å². The molecule has 3 aromatic rings. The van der Waals surface area contributed by atoms with E-state index in [1.165, 1.54) is 29.2 Å². The second-order valence-corrected chi connectivity index (χ2v) is 10.4. The number of nitrogens with one attached hydrogen (secondary N) is 1. The third-order valence-electron chi connectivity index (χ3n) is 5.31. The highest BCUT2D eigenvalue weighted by molar-refractivity contribution is 8.19. The Balaban J connectivity index is 1.33. The number of hydrogen-bond donors (Lipinski definition) is 1. The molecule has 1 aliphatic heterocycles. The number of nitrogens with zero attached hydrogens (tertiary/aromatic N) is 3. The average molecular weight is 497 g/mol. The van der Waals surface area contributed by atoms with Crippen molar-refractivity contribution in [2.75, 3.05) is 18.1 Å². The predicted octanol–water partition coefficient (Wildman–Crippen LogP) is 5.01. The van der Waals surface area contributed by atoms with E-state index in [4.69, 9.17) is 4.74 Å². The largest absolute Gasteiger partial charge is 0.484 e. The van der Waals surface area contributed by atoms with Gasteiger partial charge in [0.1, 0.15) is 5.75 Å². The van der Waals surface area contributed by atoms with Gasteiger partial charge in [-0.3, -0.25) is 14.9 Å². The van der Waals surface area contributed by atoms with Crippen LogP contribution in [0, 0.1) is 24.0 Å². The van der Waals surface area contributed by atoms with E-state index < -0.39 is 4.92 Å². The summed E-state index contributed by atoms with van der Waals surface area (Å²) in [7, 11) is 0. The number of nitro benzene ring substituents is 1. The lowest BCUT2D eigenvalue weighted by atomic mass is 10.2. The van der Waals surface area contributed by atoms with Gasteiger partial charge in [0.05, 0.1) is 21.4 Å². The molecular weight excluding hydrogens is 472 g/mol. The summed E-state index contributed by atoms with van der Waals surface area (Å²) in [6.07, 6.45) is 1.56. The van der Waals surface area contributed by atoms with Gasteiger partial charge in [-0.1, -0.05) is 18.2 Å². The highest BCUT2D eigenvalue weighted by Gasteiger charge is 2.18. The molecule has 2 heterocycles. The van der Waals surface area contributed by atoms with E-state index in [0.717, 1.165) is 17.0 Å². The van der Waals surface area contributed by atoms with Crippen LogP contribution in [0.2, 0.25) is 0 Å². The number of aromatic nitrogens is 1. The first-order valence-electron chi connectivity index (χ1n) is 10.6. The van der Waals surface area contributed by atoms with Crippen LogP contribution < -0.4 is 10.2 Å². The summed E-state index contributed by atoms with van der Waals surface area (Å²) >= 11 is 3.89. The van der Waals surface area contributed by atoms with Crippen molar-refractivity contribution in [2.24, 2.45) is 5.10 Å². The molecule has 0 bridgehead atoms. The highest BCUT2D eigenvalue weighted by Crippen LogP contribution is 2.45. The molecule has 1 saturated heterocycles. The number of rotatable bonds is 8. The molecule has 1 aromatic heterocycles. The van der Waals surface area contributed by atoms with Crippen molar-refractivity contribution >= 4 is 41.3 Å².